The lowest BCUT2D eigenvalue weighted by Gasteiger charge is -2.28. The quantitative estimate of drug-likeness (QED) is 0.621. The Labute approximate surface area is 126 Å². The third-order valence-electron chi connectivity index (χ3n) is 4.36. The minimum Gasteiger partial charge on any atom is -0.342 e. The summed E-state index contributed by atoms with van der Waals surface area (Å²) in [7, 11) is 5.11. The van der Waals surface area contributed by atoms with Gasteiger partial charge in [-0.25, -0.2) is 0 Å². The Balaban J connectivity index is 2.08. The van der Waals surface area contributed by atoms with Crippen molar-refractivity contribution in [3.05, 3.63) is 12.7 Å². The molecule has 6 atom stereocenters. The molecule has 1 saturated heterocycles. The minimum atomic E-state index is -0.680. The maximum Gasteiger partial charge on any atom is 0.238 e. The second kappa shape index (κ2) is 6.09. The van der Waals surface area contributed by atoms with E-state index in [0.717, 1.165) is 13.0 Å². The van der Waals surface area contributed by atoms with Crippen LogP contribution in [0.25, 0.3) is 0 Å². The molecule has 20 heavy (non-hydrogen) atoms. The van der Waals surface area contributed by atoms with Crippen molar-refractivity contribution in [2.45, 2.75) is 38.3 Å². The number of nitrogens with zero attached hydrogens (tertiary/aromatic N) is 1. The van der Waals surface area contributed by atoms with E-state index in [1.807, 2.05) is 0 Å². The average molecular weight is 332 g/mol. The number of nitrogens with one attached hydrogen (secondary N) is 1. The van der Waals surface area contributed by atoms with Crippen LogP contribution in [-0.2, 0) is 9.59 Å². The summed E-state index contributed by atoms with van der Waals surface area (Å²) in [6.07, 6.45) is 3.32. The Hall–Kier alpha value is 0.130. The van der Waals surface area contributed by atoms with Gasteiger partial charge in [0, 0.05) is 19.9 Å². The highest BCUT2D eigenvalue weighted by Crippen LogP contribution is 2.59. The highest BCUT2D eigenvalue weighted by molar-refractivity contribution is 8.42. The van der Waals surface area contributed by atoms with Gasteiger partial charge in [-0.05, 0) is 25.7 Å². The van der Waals surface area contributed by atoms with E-state index in [1.165, 1.54) is 0 Å². The summed E-state index contributed by atoms with van der Waals surface area (Å²) >= 11 is 0. The van der Waals surface area contributed by atoms with Crippen LogP contribution in [0.5, 0.6) is 0 Å². The van der Waals surface area contributed by atoms with E-state index in [-0.39, 0.29) is 23.7 Å². The van der Waals surface area contributed by atoms with Gasteiger partial charge in [0.25, 0.3) is 0 Å². The molecule has 1 amide bonds. The van der Waals surface area contributed by atoms with Crippen molar-refractivity contribution in [2.75, 3.05) is 6.54 Å². The molecule has 2 unspecified atom stereocenters. The van der Waals surface area contributed by atoms with E-state index in [2.05, 4.69) is 41.3 Å². The predicted molar refractivity (Wildman–Crippen MR) is 90.5 cm³/mol. The van der Waals surface area contributed by atoms with E-state index in [9.17, 15) is 9.59 Å². The first kappa shape index (κ1) is 16.5. The van der Waals surface area contributed by atoms with Crippen LogP contribution in [-0.4, -0.2) is 34.5 Å². The lowest BCUT2D eigenvalue weighted by atomic mass is 10.1. The van der Waals surface area contributed by atoms with Gasteiger partial charge in [0.1, 0.15) is 5.54 Å². The van der Waals surface area contributed by atoms with Crippen LogP contribution in [0.2, 0.25) is 0 Å². The summed E-state index contributed by atoms with van der Waals surface area (Å²) in [5, 5.41) is 3.01. The molecule has 1 aliphatic heterocycles. The standard InChI is InChI=1S/C13H23N2O2P3/c1-4-10-6-13(10,9(3)16)14-12(17)11-5-8(2)7-15(11)20(18)19/h4,8,10-11H,1,5-7,18-19H2,2-3H3,(H,14,17)/t8-,10-,11+,13+/m1/s1. The molecule has 1 N–H and O–H groups in total. The number of hydrogen-bond donors (Lipinski definition) is 1. The molecule has 0 radical (unpaired) electrons. The molecule has 2 rings (SSSR count). The zero-order valence-corrected chi connectivity index (χ0v) is 15.2. The van der Waals surface area contributed by atoms with Crippen molar-refractivity contribution in [3.8, 4) is 0 Å². The van der Waals surface area contributed by atoms with Gasteiger partial charge in [-0.2, -0.15) is 0 Å². The molecule has 4 nitrogen and oxygen atoms in total. The Morgan fingerprint density at radius 2 is 2.15 bits per heavy atom. The van der Waals surface area contributed by atoms with Crippen molar-refractivity contribution >= 4 is 37.0 Å². The maximum absolute atomic E-state index is 12.6. The second-order valence-corrected chi connectivity index (χ2v) is 12.2. The Morgan fingerprint density at radius 3 is 2.60 bits per heavy atom. The third kappa shape index (κ3) is 3.00. The first-order valence-electron chi connectivity index (χ1n) is 6.83. The van der Waals surface area contributed by atoms with Gasteiger partial charge in [0.15, 0.2) is 5.78 Å². The normalized spacial score (nSPS) is 37.0. The fourth-order valence-corrected chi connectivity index (χ4v) is 5.55. The maximum atomic E-state index is 12.6. The van der Waals surface area contributed by atoms with Crippen molar-refractivity contribution in [1.29, 1.82) is 0 Å². The lowest BCUT2D eigenvalue weighted by molar-refractivity contribution is -0.130. The van der Waals surface area contributed by atoms with Crippen LogP contribution in [0, 0.1) is 11.8 Å². The number of rotatable bonds is 5. The molecule has 2 fully saturated rings. The molecule has 0 bridgehead atoms. The third-order valence-corrected chi connectivity index (χ3v) is 7.17. The number of carbonyl (C=O) groups is 2. The van der Waals surface area contributed by atoms with Gasteiger partial charge in [0.2, 0.25) is 5.91 Å². The van der Waals surface area contributed by atoms with Crippen molar-refractivity contribution in [2.24, 2.45) is 11.8 Å². The smallest absolute Gasteiger partial charge is 0.238 e. The van der Waals surface area contributed by atoms with Crippen molar-refractivity contribution in [1.82, 2.24) is 9.99 Å². The average Bonchev–Trinajstić information content (AvgIpc) is 2.94. The zero-order valence-electron chi connectivity index (χ0n) is 12.0. The SMILES string of the molecule is C=C[C@@H]1C[C@]1(NC(=O)[C@@H]1C[C@@H](C)CN1P(P)P)C(C)=O. The molecular formula is C13H23N2O2P3. The Morgan fingerprint density at radius 1 is 1.50 bits per heavy atom. The van der Waals surface area contributed by atoms with E-state index >= 15 is 0 Å². The Kier molecular flexibility index (Phi) is 5.02. The van der Waals surface area contributed by atoms with Gasteiger partial charge in [-0.15, -0.1) is 6.58 Å². The van der Waals surface area contributed by atoms with Gasteiger partial charge >= 0.3 is 0 Å². The van der Waals surface area contributed by atoms with E-state index in [1.54, 1.807) is 13.0 Å². The van der Waals surface area contributed by atoms with Crippen LogP contribution in [0.3, 0.4) is 0 Å². The van der Waals surface area contributed by atoms with Gasteiger partial charge < -0.3 is 5.32 Å². The molecule has 0 aromatic carbocycles. The van der Waals surface area contributed by atoms with E-state index < -0.39 is 13.0 Å². The largest absolute Gasteiger partial charge is 0.342 e. The molecule has 7 heteroatoms. The van der Waals surface area contributed by atoms with E-state index in [4.69, 9.17) is 0 Å². The molecule has 2 aliphatic rings. The summed E-state index contributed by atoms with van der Waals surface area (Å²) in [6, 6.07) is -0.117. The first-order chi connectivity index (χ1) is 9.31. The topological polar surface area (TPSA) is 49.4 Å². The van der Waals surface area contributed by atoms with E-state index in [0.29, 0.717) is 12.3 Å². The summed E-state index contributed by atoms with van der Waals surface area (Å²) < 4.78 is 2.23. The monoisotopic (exact) mass is 332 g/mol. The minimum absolute atomic E-state index is 0.00806. The number of amides is 1. The molecule has 112 valence electrons. The Bertz CT molecular complexity index is 443. The van der Waals surface area contributed by atoms with Gasteiger partial charge in [0.05, 0.1) is 6.04 Å². The van der Waals surface area contributed by atoms with Crippen molar-refractivity contribution in [3.63, 3.8) is 0 Å². The van der Waals surface area contributed by atoms with Gasteiger partial charge in [-0.3, -0.25) is 14.3 Å². The molecule has 0 aromatic rings. The molecule has 0 aromatic heterocycles. The first-order valence-corrected chi connectivity index (χ1v) is 11.4. The van der Waals surface area contributed by atoms with Crippen LogP contribution in [0.15, 0.2) is 12.7 Å². The molecule has 1 aliphatic carbocycles. The fraction of sp³-hybridized carbons (Fsp3) is 0.692. The highest BCUT2D eigenvalue weighted by atomic mass is 32.4. The predicted octanol–water partition coefficient (Wildman–Crippen LogP) is 2.32. The van der Waals surface area contributed by atoms with Crippen molar-refractivity contribution < 1.29 is 9.59 Å². The summed E-state index contributed by atoms with van der Waals surface area (Å²) in [5.74, 6) is 0.628. The van der Waals surface area contributed by atoms with Gasteiger partial charge in [-0.1, -0.05) is 30.9 Å². The molecular weight excluding hydrogens is 309 g/mol. The summed E-state index contributed by atoms with van der Waals surface area (Å²) in [6.45, 7) is 8.40. The zero-order chi connectivity index (χ0) is 15.1. The molecule has 1 saturated carbocycles. The number of hydrogen-bond acceptors (Lipinski definition) is 3. The number of ketones is 1. The molecule has 1 heterocycles. The van der Waals surface area contributed by atoms with Crippen LogP contribution in [0.1, 0.15) is 26.7 Å². The molecule has 0 spiro atoms. The fourth-order valence-electron chi connectivity index (χ4n) is 3.03. The second-order valence-electron chi connectivity index (χ2n) is 5.92. The summed E-state index contributed by atoms with van der Waals surface area (Å²) in [4.78, 5) is 24.4. The highest BCUT2D eigenvalue weighted by Gasteiger charge is 2.58. The number of carbonyl (C=O) groups excluding carboxylic acids is 2. The lowest BCUT2D eigenvalue weighted by Crippen LogP contribution is -2.50. The van der Waals surface area contributed by atoms with Crippen LogP contribution in [0.4, 0.5) is 0 Å². The van der Waals surface area contributed by atoms with Crippen LogP contribution >= 0.6 is 25.3 Å². The summed E-state index contributed by atoms with van der Waals surface area (Å²) in [5.41, 5.74) is -0.680. The van der Waals surface area contributed by atoms with Crippen LogP contribution < -0.4 is 5.32 Å². The number of Topliss-reactive ketones (excluding diaryl/α,β-unsaturated/α-hetero) is 1.